The first-order valence-electron chi connectivity index (χ1n) is 5.86. The van der Waals surface area contributed by atoms with Crippen molar-refractivity contribution >= 4 is 5.91 Å². The van der Waals surface area contributed by atoms with Crippen LogP contribution in [0.5, 0.6) is 0 Å². The largest absolute Gasteiger partial charge is 0.406 e. The van der Waals surface area contributed by atoms with Crippen LogP contribution in [0.15, 0.2) is 0 Å². The third-order valence-electron chi connectivity index (χ3n) is 2.32. The normalized spacial score (nSPS) is 13.5. The number of rotatable bonds is 7. The van der Waals surface area contributed by atoms with E-state index in [-0.39, 0.29) is 19.0 Å². The van der Waals surface area contributed by atoms with Gasteiger partial charge in [0.1, 0.15) is 6.54 Å². The Morgan fingerprint density at radius 1 is 1.41 bits per heavy atom. The zero-order valence-electron chi connectivity index (χ0n) is 10.4. The van der Waals surface area contributed by atoms with Gasteiger partial charge in [0.25, 0.3) is 0 Å². The molecule has 6 heteroatoms. The molecule has 0 fully saturated rings. The fraction of sp³-hybridized carbons (Fsp3) is 0.909. The Morgan fingerprint density at radius 3 is 2.41 bits per heavy atom. The van der Waals surface area contributed by atoms with Crippen molar-refractivity contribution in [1.82, 2.24) is 4.90 Å². The highest BCUT2D eigenvalue weighted by Gasteiger charge is 2.32. The van der Waals surface area contributed by atoms with Crippen molar-refractivity contribution in [3.05, 3.63) is 0 Å². The van der Waals surface area contributed by atoms with Crippen molar-refractivity contribution in [3.8, 4) is 0 Å². The maximum atomic E-state index is 12.3. The Balaban J connectivity index is 4.29. The van der Waals surface area contributed by atoms with E-state index >= 15 is 0 Å². The van der Waals surface area contributed by atoms with Gasteiger partial charge in [-0.2, -0.15) is 13.2 Å². The highest BCUT2D eigenvalue weighted by atomic mass is 19.4. The van der Waals surface area contributed by atoms with Gasteiger partial charge in [-0.1, -0.05) is 13.3 Å². The van der Waals surface area contributed by atoms with Gasteiger partial charge in [-0.25, -0.2) is 0 Å². The molecule has 0 aromatic carbocycles. The van der Waals surface area contributed by atoms with Gasteiger partial charge in [-0.15, -0.1) is 0 Å². The van der Waals surface area contributed by atoms with Gasteiger partial charge in [0, 0.05) is 19.0 Å². The third-order valence-corrected chi connectivity index (χ3v) is 2.32. The van der Waals surface area contributed by atoms with Crippen molar-refractivity contribution in [1.29, 1.82) is 0 Å². The van der Waals surface area contributed by atoms with Crippen LogP contribution in [0.1, 0.15) is 39.5 Å². The van der Waals surface area contributed by atoms with E-state index in [4.69, 9.17) is 5.73 Å². The summed E-state index contributed by atoms with van der Waals surface area (Å²) < 4.78 is 36.8. The van der Waals surface area contributed by atoms with Crippen LogP contribution in [0.4, 0.5) is 13.2 Å². The molecule has 0 saturated carbocycles. The SMILES string of the molecule is CCCCN(CC(F)(F)F)C(=O)CCC(C)N. The summed E-state index contributed by atoms with van der Waals surface area (Å²) in [6, 6.07) is -0.169. The highest BCUT2D eigenvalue weighted by Crippen LogP contribution is 2.17. The minimum Gasteiger partial charge on any atom is -0.334 e. The molecule has 2 N–H and O–H groups in total. The van der Waals surface area contributed by atoms with Gasteiger partial charge in [-0.3, -0.25) is 4.79 Å². The molecule has 0 spiro atoms. The molecule has 0 heterocycles. The van der Waals surface area contributed by atoms with Crippen LogP contribution in [0.3, 0.4) is 0 Å². The first kappa shape index (κ1) is 16.2. The molecule has 17 heavy (non-hydrogen) atoms. The average molecular weight is 254 g/mol. The molecular formula is C11H21F3N2O. The number of alkyl halides is 3. The Labute approximate surface area is 100 Å². The number of carbonyl (C=O) groups excluding carboxylic acids is 1. The summed E-state index contributed by atoms with van der Waals surface area (Å²) in [5.74, 6) is -0.465. The van der Waals surface area contributed by atoms with Crippen LogP contribution >= 0.6 is 0 Å². The van der Waals surface area contributed by atoms with Crippen molar-refractivity contribution in [2.75, 3.05) is 13.1 Å². The van der Waals surface area contributed by atoms with Crippen molar-refractivity contribution in [2.24, 2.45) is 5.73 Å². The molecule has 0 bridgehead atoms. The Hall–Kier alpha value is -0.780. The summed E-state index contributed by atoms with van der Waals surface area (Å²) in [4.78, 5) is 12.5. The van der Waals surface area contributed by atoms with Crippen LogP contribution in [0.2, 0.25) is 0 Å². The second kappa shape index (κ2) is 7.53. The van der Waals surface area contributed by atoms with E-state index < -0.39 is 18.6 Å². The van der Waals surface area contributed by atoms with Crippen LogP contribution in [0.25, 0.3) is 0 Å². The number of hydrogen-bond donors (Lipinski definition) is 1. The molecule has 0 aliphatic rings. The Kier molecular flexibility index (Phi) is 7.18. The standard InChI is InChI=1S/C11H21F3N2O/c1-3-4-7-16(8-11(12,13)14)10(17)6-5-9(2)15/h9H,3-8,15H2,1-2H3. The number of nitrogens with zero attached hydrogens (tertiary/aromatic N) is 1. The summed E-state index contributed by atoms with van der Waals surface area (Å²) in [5.41, 5.74) is 5.48. The molecule has 1 unspecified atom stereocenters. The van der Waals surface area contributed by atoms with Gasteiger partial charge < -0.3 is 10.6 Å². The molecule has 0 aromatic heterocycles. The maximum absolute atomic E-state index is 12.3. The lowest BCUT2D eigenvalue weighted by molar-refractivity contribution is -0.161. The lowest BCUT2D eigenvalue weighted by Crippen LogP contribution is -2.40. The first-order chi connectivity index (χ1) is 7.76. The van der Waals surface area contributed by atoms with E-state index in [0.717, 1.165) is 11.3 Å². The van der Waals surface area contributed by atoms with Crippen molar-refractivity contribution < 1.29 is 18.0 Å². The topological polar surface area (TPSA) is 46.3 Å². The quantitative estimate of drug-likeness (QED) is 0.757. The number of halogens is 3. The lowest BCUT2D eigenvalue weighted by atomic mass is 10.1. The Morgan fingerprint density at radius 2 is 2.00 bits per heavy atom. The molecular weight excluding hydrogens is 233 g/mol. The zero-order chi connectivity index (χ0) is 13.5. The molecule has 0 saturated heterocycles. The predicted octanol–water partition coefficient (Wildman–Crippen LogP) is 2.30. The molecule has 0 aliphatic heterocycles. The maximum Gasteiger partial charge on any atom is 0.406 e. The second-order valence-corrected chi connectivity index (χ2v) is 4.30. The summed E-state index contributed by atoms with van der Waals surface area (Å²) >= 11 is 0. The average Bonchev–Trinajstić information content (AvgIpc) is 2.19. The summed E-state index contributed by atoms with van der Waals surface area (Å²) in [7, 11) is 0. The molecule has 1 amide bonds. The highest BCUT2D eigenvalue weighted by molar-refractivity contribution is 5.76. The van der Waals surface area contributed by atoms with E-state index in [1.807, 2.05) is 6.92 Å². The Bertz CT molecular complexity index is 229. The molecule has 3 nitrogen and oxygen atoms in total. The van der Waals surface area contributed by atoms with E-state index in [1.165, 1.54) is 0 Å². The number of hydrogen-bond acceptors (Lipinski definition) is 2. The molecule has 102 valence electrons. The van der Waals surface area contributed by atoms with Gasteiger partial charge in [0.2, 0.25) is 5.91 Å². The second-order valence-electron chi connectivity index (χ2n) is 4.30. The summed E-state index contributed by atoms with van der Waals surface area (Å²) in [6.07, 6.45) is -2.50. The van der Waals surface area contributed by atoms with E-state index in [0.29, 0.717) is 12.8 Å². The smallest absolute Gasteiger partial charge is 0.334 e. The number of nitrogens with two attached hydrogens (primary N) is 1. The van der Waals surface area contributed by atoms with Gasteiger partial charge in [0.15, 0.2) is 0 Å². The summed E-state index contributed by atoms with van der Waals surface area (Å²) in [6.45, 7) is 2.60. The van der Waals surface area contributed by atoms with Crippen LogP contribution < -0.4 is 5.73 Å². The van der Waals surface area contributed by atoms with Crippen molar-refractivity contribution in [3.63, 3.8) is 0 Å². The first-order valence-corrected chi connectivity index (χ1v) is 5.86. The van der Waals surface area contributed by atoms with Gasteiger partial charge in [-0.05, 0) is 19.8 Å². The third kappa shape index (κ3) is 8.97. The predicted molar refractivity (Wildman–Crippen MR) is 60.4 cm³/mol. The molecule has 0 aliphatic carbocycles. The molecule has 0 radical (unpaired) electrons. The van der Waals surface area contributed by atoms with Crippen LogP contribution in [-0.4, -0.2) is 36.1 Å². The van der Waals surface area contributed by atoms with Crippen molar-refractivity contribution in [2.45, 2.75) is 51.7 Å². The van der Waals surface area contributed by atoms with Crippen LogP contribution in [0, 0.1) is 0 Å². The monoisotopic (exact) mass is 254 g/mol. The van der Waals surface area contributed by atoms with E-state index in [1.54, 1.807) is 6.92 Å². The number of carbonyl (C=O) groups is 1. The van der Waals surface area contributed by atoms with Gasteiger partial charge in [0.05, 0.1) is 0 Å². The lowest BCUT2D eigenvalue weighted by Gasteiger charge is -2.24. The molecule has 0 rings (SSSR count). The van der Waals surface area contributed by atoms with Gasteiger partial charge >= 0.3 is 6.18 Å². The number of amides is 1. The molecule has 0 aromatic rings. The minimum atomic E-state index is -4.34. The van der Waals surface area contributed by atoms with E-state index in [9.17, 15) is 18.0 Å². The number of unbranched alkanes of at least 4 members (excludes halogenated alkanes) is 1. The summed E-state index contributed by atoms with van der Waals surface area (Å²) in [5, 5.41) is 0. The minimum absolute atomic E-state index is 0.0808. The van der Waals surface area contributed by atoms with E-state index in [2.05, 4.69) is 0 Å². The van der Waals surface area contributed by atoms with Crippen LogP contribution in [-0.2, 0) is 4.79 Å². The fourth-order valence-electron chi connectivity index (χ4n) is 1.37. The zero-order valence-corrected chi connectivity index (χ0v) is 10.4. The fourth-order valence-corrected chi connectivity index (χ4v) is 1.37. The molecule has 1 atom stereocenters.